The summed E-state index contributed by atoms with van der Waals surface area (Å²) in [6.07, 6.45) is 2.97. The molecule has 2 rings (SSSR count). The maximum absolute atomic E-state index is 6.59. The minimum atomic E-state index is -0.401. The lowest BCUT2D eigenvalue weighted by atomic mass is 9.82. The van der Waals surface area contributed by atoms with Crippen LogP contribution >= 0.6 is 12.4 Å². The number of halogens is 1. The van der Waals surface area contributed by atoms with Crippen molar-refractivity contribution in [3.8, 4) is 11.5 Å². The van der Waals surface area contributed by atoms with E-state index in [9.17, 15) is 0 Å². The summed E-state index contributed by atoms with van der Waals surface area (Å²) in [5.74, 6) is 3.07. The summed E-state index contributed by atoms with van der Waals surface area (Å²) in [4.78, 5) is 0. The van der Waals surface area contributed by atoms with Gasteiger partial charge in [-0.3, -0.25) is 0 Å². The molecule has 28 heavy (non-hydrogen) atoms. The Hall–Kier alpha value is -1.51. The van der Waals surface area contributed by atoms with Crippen LogP contribution in [0, 0.1) is 11.8 Å². The third-order valence-electron chi connectivity index (χ3n) is 4.83. The van der Waals surface area contributed by atoms with Gasteiger partial charge < -0.3 is 10.5 Å². The third-order valence-corrected chi connectivity index (χ3v) is 4.83. The summed E-state index contributed by atoms with van der Waals surface area (Å²) in [6, 6.07) is 12.5. The minimum absolute atomic E-state index is 0. The van der Waals surface area contributed by atoms with Gasteiger partial charge in [0.1, 0.15) is 11.5 Å². The Balaban J connectivity index is 0.00000392. The van der Waals surface area contributed by atoms with Gasteiger partial charge in [0.15, 0.2) is 0 Å². The molecule has 0 aliphatic carbocycles. The van der Waals surface area contributed by atoms with Crippen molar-refractivity contribution in [2.24, 2.45) is 17.6 Å². The van der Waals surface area contributed by atoms with E-state index in [0.29, 0.717) is 11.8 Å². The average molecular weight is 404 g/mol. The van der Waals surface area contributed by atoms with E-state index in [0.717, 1.165) is 30.8 Å². The quantitative estimate of drug-likeness (QED) is 0.512. The van der Waals surface area contributed by atoms with Gasteiger partial charge in [-0.05, 0) is 79.3 Å². The summed E-state index contributed by atoms with van der Waals surface area (Å²) < 4.78 is 6.53. The van der Waals surface area contributed by atoms with Crippen LogP contribution in [0.5, 0.6) is 11.5 Å². The van der Waals surface area contributed by atoms with Gasteiger partial charge in [-0.2, -0.15) is 0 Å². The van der Waals surface area contributed by atoms with Crippen LogP contribution in [0.2, 0.25) is 0 Å². The zero-order chi connectivity index (χ0) is 20.2. The Morgan fingerprint density at radius 1 is 0.929 bits per heavy atom. The van der Waals surface area contributed by atoms with Crippen molar-refractivity contribution in [1.82, 2.24) is 0 Å². The number of rotatable bonds is 8. The molecule has 2 aromatic carbocycles. The Morgan fingerprint density at radius 3 is 1.96 bits per heavy atom. The molecule has 2 N–H and O–H groups in total. The van der Waals surface area contributed by atoms with Gasteiger partial charge in [-0.15, -0.1) is 12.4 Å². The first-order chi connectivity index (χ1) is 12.6. The fourth-order valence-corrected chi connectivity index (χ4v) is 3.71. The molecular formula is C25H38ClNO. The molecule has 0 aliphatic heterocycles. The Bertz CT molecular complexity index is 745. The van der Waals surface area contributed by atoms with Crippen LogP contribution in [0.4, 0.5) is 0 Å². The molecule has 0 aliphatic rings. The fraction of sp³-hybridized carbons (Fsp3) is 0.520. The molecule has 0 radical (unpaired) electrons. The zero-order valence-corrected chi connectivity index (χ0v) is 19.5. The van der Waals surface area contributed by atoms with Crippen molar-refractivity contribution >= 4 is 12.4 Å². The predicted octanol–water partition coefficient (Wildman–Crippen LogP) is 7.05. The lowest BCUT2D eigenvalue weighted by Gasteiger charge is -2.29. The first-order valence-electron chi connectivity index (χ1n) is 10.3. The molecule has 2 nitrogen and oxygen atoms in total. The number of para-hydroxylation sites is 1. The highest BCUT2D eigenvalue weighted by Crippen LogP contribution is 2.40. The molecule has 2 aromatic rings. The van der Waals surface area contributed by atoms with Gasteiger partial charge in [-0.1, -0.05) is 58.9 Å². The maximum atomic E-state index is 6.59. The molecule has 0 atom stereocenters. The third kappa shape index (κ3) is 6.25. The normalized spacial score (nSPS) is 11.6. The van der Waals surface area contributed by atoms with E-state index < -0.39 is 5.54 Å². The SMILES string of the molecule is CCc1c(C(C)(C)N)cc(CC(C)C)c(CC(C)C)c1Oc1ccccc1.Cl. The summed E-state index contributed by atoms with van der Waals surface area (Å²) in [5, 5.41) is 0. The molecule has 0 saturated carbocycles. The van der Waals surface area contributed by atoms with Crippen molar-refractivity contribution in [1.29, 1.82) is 0 Å². The number of ether oxygens (including phenoxy) is 1. The van der Waals surface area contributed by atoms with Gasteiger partial charge in [0.25, 0.3) is 0 Å². The molecule has 0 amide bonds. The average Bonchev–Trinajstić information content (AvgIpc) is 2.56. The van der Waals surface area contributed by atoms with Crippen LogP contribution in [-0.4, -0.2) is 0 Å². The molecule has 0 bridgehead atoms. The molecule has 0 fully saturated rings. The lowest BCUT2D eigenvalue weighted by molar-refractivity contribution is 0.454. The van der Waals surface area contributed by atoms with E-state index in [2.05, 4.69) is 54.5 Å². The van der Waals surface area contributed by atoms with Crippen LogP contribution < -0.4 is 10.5 Å². The van der Waals surface area contributed by atoms with E-state index in [1.165, 1.54) is 22.3 Å². The standard InChI is InChI=1S/C25H37NO.ClH/c1-8-21-23(25(6,7)26)16-19(14-17(2)3)22(15-18(4)5)24(21)27-20-12-10-9-11-13-20;/h9-13,16-18H,8,14-15,26H2,1-7H3;1H. The van der Waals surface area contributed by atoms with Gasteiger partial charge >= 0.3 is 0 Å². The smallest absolute Gasteiger partial charge is 0.134 e. The van der Waals surface area contributed by atoms with Crippen LogP contribution in [0.3, 0.4) is 0 Å². The second-order valence-electron chi connectivity index (χ2n) is 9.06. The topological polar surface area (TPSA) is 35.2 Å². The summed E-state index contributed by atoms with van der Waals surface area (Å²) >= 11 is 0. The highest BCUT2D eigenvalue weighted by Gasteiger charge is 2.26. The van der Waals surface area contributed by atoms with E-state index in [4.69, 9.17) is 10.5 Å². The Morgan fingerprint density at radius 2 is 1.50 bits per heavy atom. The summed E-state index contributed by atoms with van der Waals surface area (Å²) in [6.45, 7) is 15.5. The van der Waals surface area contributed by atoms with Gasteiger partial charge in [-0.25, -0.2) is 0 Å². The Kier molecular flexibility index (Phi) is 9.04. The Labute approximate surface area is 178 Å². The summed E-state index contributed by atoms with van der Waals surface area (Å²) in [5.41, 5.74) is 11.4. The zero-order valence-electron chi connectivity index (χ0n) is 18.6. The lowest BCUT2D eigenvalue weighted by Crippen LogP contribution is -2.31. The van der Waals surface area contributed by atoms with Crippen molar-refractivity contribution in [2.75, 3.05) is 0 Å². The molecular weight excluding hydrogens is 366 g/mol. The van der Waals surface area contributed by atoms with Crippen LogP contribution in [0.25, 0.3) is 0 Å². The van der Waals surface area contributed by atoms with Crippen molar-refractivity contribution in [3.05, 3.63) is 58.7 Å². The second-order valence-corrected chi connectivity index (χ2v) is 9.06. The van der Waals surface area contributed by atoms with Crippen LogP contribution in [0.15, 0.2) is 36.4 Å². The number of benzene rings is 2. The molecule has 0 spiro atoms. The van der Waals surface area contributed by atoms with E-state index in [1.807, 2.05) is 30.3 Å². The van der Waals surface area contributed by atoms with Crippen molar-refractivity contribution in [3.63, 3.8) is 0 Å². The van der Waals surface area contributed by atoms with Crippen molar-refractivity contribution < 1.29 is 4.74 Å². The number of hydrogen-bond acceptors (Lipinski definition) is 2. The first-order valence-corrected chi connectivity index (χ1v) is 10.3. The molecule has 0 unspecified atom stereocenters. The van der Waals surface area contributed by atoms with Crippen LogP contribution in [0.1, 0.15) is 70.7 Å². The maximum Gasteiger partial charge on any atom is 0.134 e. The molecule has 0 aromatic heterocycles. The molecule has 156 valence electrons. The minimum Gasteiger partial charge on any atom is -0.457 e. The monoisotopic (exact) mass is 403 g/mol. The molecule has 0 saturated heterocycles. The molecule has 3 heteroatoms. The van der Waals surface area contributed by atoms with Crippen LogP contribution in [-0.2, 0) is 24.8 Å². The van der Waals surface area contributed by atoms with E-state index in [1.54, 1.807) is 0 Å². The molecule has 0 heterocycles. The number of hydrogen-bond donors (Lipinski definition) is 1. The van der Waals surface area contributed by atoms with Gasteiger partial charge in [0.05, 0.1) is 0 Å². The second kappa shape index (κ2) is 10.3. The predicted molar refractivity (Wildman–Crippen MR) is 124 cm³/mol. The summed E-state index contributed by atoms with van der Waals surface area (Å²) in [7, 11) is 0. The first kappa shape index (κ1) is 24.5. The largest absolute Gasteiger partial charge is 0.457 e. The fourth-order valence-electron chi connectivity index (χ4n) is 3.71. The van der Waals surface area contributed by atoms with Crippen molar-refractivity contribution in [2.45, 2.75) is 73.3 Å². The van der Waals surface area contributed by atoms with E-state index >= 15 is 0 Å². The highest BCUT2D eigenvalue weighted by molar-refractivity contribution is 5.85. The number of nitrogens with two attached hydrogens (primary N) is 1. The van der Waals surface area contributed by atoms with Gasteiger partial charge in [0.2, 0.25) is 0 Å². The highest BCUT2D eigenvalue weighted by atomic mass is 35.5. The van der Waals surface area contributed by atoms with E-state index in [-0.39, 0.29) is 12.4 Å². The van der Waals surface area contributed by atoms with Gasteiger partial charge in [0, 0.05) is 5.54 Å².